The Bertz CT molecular complexity index is 1440. The van der Waals surface area contributed by atoms with Crippen molar-refractivity contribution >= 4 is 50.7 Å². The van der Waals surface area contributed by atoms with Crippen LogP contribution in [0.5, 0.6) is 0 Å². The van der Waals surface area contributed by atoms with E-state index in [1.165, 1.54) is 35.2 Å². The third-order valence-corrected chi connectivity index (χ3v) is 9.53. The number of aryl methyl sites for hydroxylation is 1. The van der Waals surface area contributed by atoms with E-state index < -0.39 is 28.5 Å². The third kappa shape index (κ3) is 7.82. The summed E-state index contributed by atoms with van der Waals surface area (Å²) >= 11 is 12.5. The van der Waals surface area contributed by atoms with Gasteiger partial charge in [0.25, 0.3) is 10.0 Å². The molecule has 0 bridgehead atoms. The number of rotatable bonds is 11. The first kappa shape index (κ1) is 30.9. The van der Waals surface area contributed by atoms with Gasteiger partial charge < -0.3 is 10.2 Å². The average Bonchev–Trinajstić information content (AvgIpc) is 3.44. The second kappa shape index (κ2) is 13.7. The van der Waals surface area contributed by atoms with Crippen LogP contribution < -0.4 is 9.62 Å². The zero-order chi connectivity index (χ0) is 29.6. The summed E-state index contributed by atoms with van der Waals surface area (Å²) in [6, 6.07) is 19.4. The lowest BCUT2D eigenvalue weighted by Crippen LogP contribution is -2.53. The molecule has 0 heterocycles. The molecule has 7 nitrogen and oxygen atoms in total. The predicted molar refractivity (Wildman–Crippen MR) is 164 cm³/mol. The number of hydrogen-bond donors (Lipinski definition) is 1. The monoisotopic (exact) mass is 615 g/mol. The summed E-state index contributed by atoms with van der Waals surface area (Å²) in [4.78, 5) is 29.1. The smallest absolute Gasteiger partial charge is 0.264 e. The van der Waals surface area contributed by atoms with Gasteiger partial charge in [-0.05, 0) is 62.1 Å². The number of benzene rings is 3. The molecule has 0 aromatic heterocycles. The summed E-state index contributed by atoms with van der Waals surface area (Å²) in [5.74, 6) is -0.753. The van der Waals surface area contributed by atoms with Gasteiger partial charge in [0, 0.05) is 22.6 Å². The fraction of sp³-hybridized carbons (Fsp3) is 0.355. The maximum atomic E-state index is 14.1. The average molecular weight is 617 g/mol. The molecule has 0 radical (unpaired) electrons. The van der Waals surface area contributed by atoms with E-state index >= 15 is 0 Å². The van der Waals surface area contributed by atoms with E-state index in [0.717, 1.165) is 41.1 Å². The number of sulfonamides is 1. The minimum absolute atomic E-state index is 0.0209. The number of halogens is 2. The highest BCUT2D eigenvalue weighted by atomic mass is 35.5. The van der Waals surface area contributed by atoms with Gasteiger partial charge in [-0.3, -0.25) is 13.9 Å². The van der Waals surface area contributed by atoms with E-state index in [9.17, 15) is 18.0 Å². The molecule has 0 saturated heterocycles. The van der Waals surface area contributed by atoms with E-state index in [4.69, 9.17) is 23.2 Å². The Labute approximate surface area is 252 Å². The maximum Gasteiger partial charge on any atom is 0.264 e. The zero-order valence-corrected chi connectivity index (χ0v) is 25.6. The fourth-order valence-electron chi connectivity index (χ4n) is 5.12. The molecule has 1 saturated carbocycles. The lowest BCUT2D eigenvalue weighted by molar-refractivity contribution is -0.140. The van der Waals surface area contributed by atoms with Crippen LogP contribution in [0.1, 0.15) is 50.2 Å². The van der Waals surface area contributed by atoms with Crippen LogP contribution in [0.3, 0.4) is 0 Å². The van der Waals surface area contributed by atoms with E-state index in [2.05, 4.69) is 5.32 Å². The van der Waals surface area contributed by atoms with Crippen molar-refractivity contribution in [1.82, 2.24) is 10.2 Å². The highest BCUT2D eigenvalue weighted by molar-refractivity contribution is 7.92. The van der Waals surface area contributed by atoms with E-state index in [0.29, 0.717) is 6.42 Å². The van der Waals surface area contributed by atoms with Gasteiger partial charge in [-0.15, -0.1) is 0 Å². The fourth-order valence-corrected chi connectivity index (χ4v) is 7.03. The van der Waals surface area contributed by atoms with Crippen molar-refractivity contribution < 1.29 is 18.0 Å². The van der Waals surface area contributed by atoms with Gasteiger partial charge in [0.2, 0.25) is 11.8 Å². The molecule has 1 fully saturated rings. The molecule has 3 aromatic carbocycles. The van der Waals surface area contributed by atoms with Crippen LogP contribution in [0, 0.1) is 6.92 Å². The Hall–Kier alpha value is -3.07. The van der Waals surface area contributed by atoms with Crippen LogP contribution in [0.25, 0.3) is 0 Å². The van der Waals surface area contributed by atoms with Crippen molar-refractivity contribution in [3.05, 3.63) is 94.0 Å². The molecule has 41 heavy (non-hydrogen) atoms. The molecule has 4 rings (SSSR count). The quantitative estimate of drug-likeness (QED) is 0.272. The number of amides is 2. The van der Waals surface area contributed by atoms with Crippen LogP contribution >= 0.6 is 23.2 Å². The Morgan fingerprint density at radius 1 is 0.951 bits per heavy atom. The van der Waals surface area contributed by atoms with Gasteiger partial charge in [0.1, 0.15) is 12.6 Å². The molecular weight excluding hydrogens is 581 g/mol. The molecule has 1 aliphatic carbocycles. The summed E-state index contributed by atoms with van der Waals surface area (Å²) in [5.41, 5.74) is 1.87. The predicted octanol–water partition coefficient (Wildman–Crippen LogP) is 6.36. The summed E-state index contributed by atoms with van der Waals surface area (Å²) in [6.45, 7) is 3.30. The number of nitrogens with zero attached hydrogens (tertiary/aromatic N) is 2. The van der Waals surface area contributed by atoms with E-state index in [1.54, 1.807) is 12.1 Å². The molecule has 3 aromatic rings. The van der Waals surface area contributed by atoms with E-state index in [1.807, 2.05) is 44.2 Å². The van der Waals surface area contributed by atoms with Gasteiger partial charge in [-0.1, -0.05) is 91.0 Å². The second-order valence-electron chi connectivity index (χ2n) is 10.4. The minimum atomic E-state index is -4.21. The normalized spacial score (nSPS) is 14.4. The molecule has 1 atom stereocenters. The number of anilines is 1. The Morgan fingerprint density at radius 3 is 2.15 bits per heavy atom. The standard InChI is InChI=1S/C31H35Cl2N3O4S/c1-3-29(31(38)34-26-11-7-8-12-26)35(20-23-9-5-4-6-10-23)30(37)21-36(27-18-24(32)17-25(33)19-27)41(39,40)28-15-13-22(2)14-16-28/h4-6,9-10,13-19,26,29H,3,7-8,11-12,20-21H2,1-2H3,(H,34,38)/t29-/m0/s1. The van der Waals surface area contributed by atoms with Crippen molar-refractivity contribution in [3.8, 4) is 0 Å². The van der Waals surface area contributed by atoms with Crippen molar-refractivity contribution in [2.24, 2.45) is 0 Å². The Kier molecular flexibility index (Phi) is 10.3. The molecule has 0 aliphatic heterocycles. The topological polar surface area (TPSA) is 86.8 Å². The van der Waals surface area contributed by atoms with Crippen LogP contribution in [0.4, 0.5) is 5.69 Å². The Morgan fingerprint density at radius 2 is 1.56 bits per heavy atom. The number of hydrogen-bond acceptors (Lipinski definition) is 4. The third-order valence-electron chi connectivity index (χ3n) is 7.31. The van der Waals surface area contributed by atoms with Gasteiger partial charge in [-0.2, -0.15) is 0 Å². The van der Waals surface area contributed by atoms with Gasteiger partial charge in [-0.25, -0.2) is 8.42 Å². The second-order valence-corrected chi connectivity index (χ2v) is 13.1. The maximum absolute atomic E-state index is 14.1. The largest absolute Gasteiger partial charge is 0.352 e. The number of nitrogens with one attached hydrogen (secondary N) is 1. The van der Waals surface area contributed by atoms with Crippen molar-refractivity contribution in [2.75, 3.05) is 10.8 Å². The molecule has 0 unspecified atom stereocenters. The van der Waals surface area contributed by atoms with Crippen LogP contribution in [0.15, 0.2) is 77.7 Å². The van der Waals surface area contributed by atoms with E-state index in [-0.39, 0.29) is 39.1 Å². The van der Waals surface area contributed by atoms with Crippen LogP contribution in [0.2, 0.25) is 10.0 Å². The van der Waals surface area contributed by atoms with Crippen molar-refractivity contribution in [3.63, 3.8) is 0 Å². The van der Waals surface area contributed by atoms with Crippen molar-refractivity contribution in [2.45, 2.75) is 69.5 Å². The first-order chi connectivity index (χ1) is 19.6. The molecule has 10 heteroatoms. The number of carbonyl (C=O) groups is 2. The molecule has 1 N–H and O–H groups in total. The summed E-state index contributed by atoms with van der Waals surface area (Å²) < 4.78 is 29.0. The molecule has 0 spiro atoms. The Balaban J connectivity index is 1.72. The van der Waals surface area contributed by atoms with Gasteiger partial charge in [0.05, 0.1) is 10.6 Å². The summed E-state index contributed by atoms with van der Waals surface area (Å²) in [7, 11) is -4.21. The SMILES string of the molecule is CC[C@@H](C(=O)NC1CCCC1)N(Cc1ccccc1)C(=O)CN(c1cc(Cl)cc(Cl)c1)S(=O)(=O)c1ccc(C)cc1. The number of carbonyl (C=O) groups excluding carboxylic acids is 2. The summed E-state index contributed by atoms with van der Waals surface area (Å²) in [6.07, 6.45) is 4.30. The highest BCUT2D eigenvalue weighted by Gasteiger charge is 2.34. The highest BCUT2D eigenvalue weighted by Crippen LogP contribution is 2.30. The lowest BCUT2D eigenvalue weighted by atomic mass is 10.1. The zero-order valence-electron chi connectivity index (χ0n) is 23.2. The molecular formula is C31H35Cl2N3O4S. The minimum Gasteiger partial charge on any atom is -0.352 e. The first-order valence-electron chi connectivity index (χ1n) is 13.8. The van der Waals surface area contributed by atoms with Gasteiger partial charge >= 0.3 is 0 Å². The van der Waals surface area contributed by atoms with Gasteiger partial charge in [0.15, 0.2) is 0 Å². The summed E-state index contributed by atoms with van der Waals surface area (Å²) in [5, 5.41) is 3.57. The lowest BCUT2D eigenvalue weighted by Gasteiger charge is -2.34. The van der Waals surface area contributed by atoms with Crippen LogP contribution in [-0.2, 0) is 26.2 Å². The van der Waals surface area contributed by atoms with Crippen molar-refractivity contribution in [1.29, 1.82) is 0 Å². The molecule has 1 aliphatic rings. The molecule has 218 valence electrons. The van der Waals surface area contributed by atoms with Crippen LogP contribution in [-0.4, -0.2) is 43.8 Å². The molecule has 2 amide bonds. The first-order valence-corrected chi connectivity index (χ1v) is 16.0.